The Labute approximate surface area is 116 Å². The van der Waals surface area contributed by atoms with Crippen molar-refractivity contribution in [1.82, 2.24) is 10.5 Å². The number of hydrogen-bond donors (Lipinski definition) is 1. The second-order valence-electron chi connectivity index (χ2n) is 3.85. The van der Waals surface area contributed by atoms with Gasteiger partial charge >= 0.3 is 6.18 Å². The molecular formula is C12H8ClF3N2O2. The third kappa shape index (κ3) is 3.51. The van der Waals surface area contributed by atoms with Crippen LogP contribution in [-0.2, 0) is 0 Å². The first-order valence-electron chi connectivity index (χ1n) is 5.43. The van der Waals surface area contributed by atoms with Crippen LogP contribution in [0, 0.1) is 0 Å². The van der Waals surface area contributed by atoms with Crippen molar-refractivity contribution in [3.8, 4) is 11.3 Å². The first kappa shape index (κ1) is 14.4. The van der Waals surface area contributed by atoms with E-state index < -0.39 is 18.6 Å². The molecule has 0 aliphatic rings. The molecule has 20 heavy (non-hydrogen) atoms. The Hall–Kier alpha value is -2.02. The Balaban J connectivity index is 2.13. The van der Waals surface area contributed by atoms with E-state index in [1.54, 1.807) is 29.6 Å². The van der Waals surface area contributed by atoms with E-state index in [4.69, 9.17) is 16.1 Å². The fourth-order valence-corrected chi connectivity index (χ4v) is 1.67. The second-order valence-corrected chi connectivity index (χ2v) is 4.26. The van der Waals surface area contributed by atoms with Crippen molar-refractivity contribution in [2.45, 2.75) is 6.18 Å². The number of alkyl halides is 3. The third-order valence-corrected chi connectivity index (χ3v) is 2.66. The van der Waals surface area contributed by atoms with Crippen LogP contribution in [-0.4, -0.2) is 23.8 Å². The van der Waals surface area contributed by atoms with Crippen LogP contribution in [0.5, 0.6) is 0 Å². The molecule has 0 saturated heterocycles. The molecule has 1 amide bonds. The summed E-state index contributed by atoms with van der Waals surface area (Å²) in [4.78, 5) is 11.5. The number of halogens is 4. The Bertz CT molecular complexity index is 625. The number of amides is 1. The molecule has 2 rings (SSSR count). The van der Waals surface area contributed by atoms with Crippen LogP contribution in [0.3, 0.4) is 0 Å². The lowest BCUT2D eigenvalue weighted by molar-refractivity contribution is -0.123. The maximum Gasteiger partial charge on any atom is 0.405 e. The van der Waals surface area contributed by atoms with Gasteiger partial charge in [0.15, 0.2) is 11.5 Å². The average molecular weight is 305 g/mol. The topological polar surface area (TPSA) is 55.1 Å². The SMILES string of the molecule is O=C(NCC(F)(F)F)c1cc(-c2ccccc2Cl)on1. The van der Waals surface area contributed by atoms with Gasteiger partial charge in [-0.1, -0.05) is 28.9 Å². The predicted octanol–water partition coefficient (Wildman–Crippen LogP) is 3.29. The van der Waals surface area contributed by atoms with Gasteiger partial charge in [-0.25, -0.2) is 0 Å². The molecule has 0 aliphatic carbocycles. The van der Waals surface area contributed by atoms with Crippen molar-refractivity contribution in [3.63, 3.8) is 0 Å². The second kappa shape index (κ2) is 5.54. The van der Waals surface area contributed by atoms with Gasteiger partial charge in [0.2, 0.25) is 0 Å². The van der Waals surface area contributed by atoms with E-state index in [2.05, 4.69) is 5.16 Å². The van der Waals surface area contributed by atoms with E-state index in [0.29, 0.717) is 10.6 Å². The van der Waals surface area contributed by atoms with Crippen LogP contribution in [0.25, 0.3) is 11.3 Å². The normalized spacial score (nSPS) is 11.4. The highest BCUT2D eigenvalue weighted by atomic mass is 35.5. The Morgan fingerprint density at radius 2 is 2.05 bits per heavy atom. The summed E-state index contributed by atoms with van der Waals surface area (Å²) in [6, 6.07) is 7.89. The lowest BCUT2D eigenvalue weighted by Gasteiger charge is -2.05. The zero-order valence-corrected chi connectivity index (χ0v) is 10.6. The Kier molecular flexibility index (Phi) is 3.99. The highest BCUT2D eigenvalue weighted by Crippen LogP contribution is 2.27. The van der Waals surface area contributed by atoms with E-state index in [1.807, 2.05) is 0 Å². The molecule has 0 aliphatic heterocycles. The first-order chi connectivity index (χ1) is 9.37. The van der Waals surface area contributed by atoms with E-state index in [-0.39, 0.29) is 11.5 Å². The van der Waals surface area contributed by atoms with Crippen LogP contribution in [0.1, 0.15) is 10.5 Å². The molecule has 1 aromatic carbocycles. The molecule has 0 unspecified atom stereocenters. The minimum absolute atomic E-state index is 0.202. The molecule has 4 nitrogen and oxygen atoms in total. The van der Waals surface area contributed by atoms with Gasteiger partial charge in [-0.15, -0.1) is 0 Å². The molecule has 0 radical (unpaired) electrons. The summed E-state index contributed by atoms with van der Waals surface area (Å²) < 4.78 is 40.8. The molecule has 0 atom stereocenters. The summed E-state index contributed by atoms with van der Waals surface area (Å²) in [5.74, 6) is -0.767. The number of aromatic nitrogens is 1. The number of benzene rings is 1. The van der Waals surface area contributed by atoms with Gasteiger partial charge in [0.05, 0.1) is 5.02 Å². The maximum absolute atomic E-state index is 12.0. The number of nitrogens with one attached hydrogen (secondary N) is 1. The predicted molar refractivity (Wildman–Crippen MR) is 65.3 cm³/mol. The van der Waals surface area contributed by atoms with Gasteiger partial charge in [-0.2, -0.15) is 13.2 Å². The Morgan fingerprint density at radius 3 is 2.70 bits per heavy atom. The molecule has 1 heterocycles. The van der Waals surface area contributed by atoms with E-state index >= 15 is 0 Å². The quantitative estimate of drug-likeness (QED) is 0.946. The molecule has 2 aromatic rings. The summed E-state index contributed by atoms with van der Waals surface area (Å²) in [6.45, 7) is -1.43. The van der Waals surface area contributed by atoms with Gasteiger partial charge in [0.25, 0.3) is 5.91 Å². The average Bonchev–Trinajstić information content (AvgIpc) is 2.85. The lowest BCUT2D eigenvalue weighted by Crippen LogP contribution is -2.33. The summed E-state index contributed by atoms with van der Waals surface area (Å²) in [6.07, 6.45) is -4.48. The van der Waals surface area contributed by atoms with E-state index in [0.717, 1.165) is 0 Å². The number of hydrogen-bond acceptors (Lipinski definition) is 3. The first-order valence-corrected chi connectivity index (χ1v) is 5.81. The molecule has 0 spiro atoms. The van der Waals surface area contributed by atoms with Crippen molar-refractivity contribution in [1.29, 1.82) is 0 Å². The zero-order valence-electron chi connectivity index (χ0n) is 9.87. The number of rotatable bonds is 3. The maximum atomic E-state index is 12.0. The van der Waals surface area contributed by atoms with Crippen LogP contribution >= 0.6 is 11.6 Å². The van der Waals surface area contributed by atoms with Crippen molar-refractivity contribution in [2.75, 3.05) is 6.54 Å². The van der Waals surface area contributed by atoms with Crippen LogP contribution in [0.15, 0.2) is 34.9 Å². The van der Waals surface area contributed by atoms with Gasteiger partial charge in [-0.05, 0) is 12.1 Å². The van der Waals surface area contributed by atoms with Crippen LogP contribution < -0.4 is 5.32 Å². The van der Waals surface area contributed by atoms with E-state index in [1.165, 1.54) is 6.07 Å². The standard InChI is InChI=1S/C12H8ClF3N2O2/c13-8-4-2-1-3-7(8)10-5-9(18-20-10)11(19)17-6-12(14,15)16/h1-5H,6H2,(H,17,19). The van der Waals surface area contributed by atoms with Gasteiger partial charge in [0.1, 0.15) is 6.54 Å². The van der Waals surface area contributed by atoms with E-state index in [9.17, 15) is 18.0 Å². The zero-order chi connectivity index (χ0) is 14.8. The molecule has 0 fully saturated rings. The van der Waals surface area contributed by atoms with Crippen LogP contribution in [0.2, 0.25) is 5.02 Å². The summed E-state index contributed by atoms with van der Waals surface area (Å²) >= 11 is 5.93. The number of carbonyl (C=O) groups is 1. The molecule has 0 saturated carbocycles. The van der Waals surface area contributed by atoms with Crippen molar-refractivity contribution < 1.29 is 22.5 Å². The van der Waals surface area contributed by atoms with Gasteiger partial charge in [0, 0.05) is 11.6 Å². The van der Waals surface area contributed by atoms with Gasteiger partial charge < -0.3 is 9.84 Å². The van der Waals surface area contributed by atoms with Crippen LogP contribution in [0.4, 0.5) is 13.2 Å². The smallest absolute Gasteiger partial charge is 0.355 e. The van der Waals surface area contributed by atoms with Crippen molar-refractivity contribution in [3.05, 3.63) is 41.0 Å². The molecular weight excluding hydrogens is 297 g/mol. The van der Waals surface area contributed by atoms with Gasteiger partial charge in [-0.3, -0.25) is 4.79 Å². The summed E-state index contributed by atoms with van der Waals surface area (Å²) in [5.41, 5.74) is 0.251. The molecule has 0 bridgehead atoms. The molecule has 106 valence electrons. The summed E-state index contributed by atoms with van der Waals surface area (Å²) in [5, 5.41) is 5.50. The molecule has 1 aromatic heterocycles. The van der Waals surface area contributed by atoms with Crippen molar-refractivity contribution in [2.24, 2.45) is 0 Å². The van der Waals surface area contributed by atoms with Crippen molar-refractivity contribution >= 4 is 17.5 Å². The fourth-order valence-electron chi connectivity index (χ4n) is 1.44. The third-order valence-electron chi connectivity index (χ3n) is 2.33. The molecule has 8 heteroatoms. The number of carbonyl (C=O) groups excluding carboxylic acids is 1. The minimum Gasteiger partial charge on any atom is -0.355 e. The lowest BCUT2D eigenvalue weighted by atomic mass is 10.1. The summed E-state index contributed by atoms with van der Waals surface area (Å²) in [7, 11) is 0. The monoisotopic (exact) mass is 304 g/mol. The molecule has 1 N–H and O–H groups in total. The highest BCUT2D eigenvalue weighted by Gasteiger charge is 2.28. The minimum atomic E-state index is -4.48. The Morgan fingerprint density at radius 1 is 1.35 bits per heavy atom. The number of nitrogens with zero attached hydrogens (tertiary/aromatic N) is 1. The largest absolute Gasteiger partial charge is 0.405 e. The fraction of sp³-hybridized carbons (Fsp3) is 0.167. The highest BCUT2D eigenvalue weighted by molar-refractivity contribution is 6.33.